The number of hydrogen-bond donors (Lipinski definition) is 4. The van der Waals surface area contributed by atoms with Crippen molar-refractivity contribution in [3.8, 4) is 0 Å². The van der Waals surface area contributed by atoms with Gasteiger partial charge in [-0.25, -0.2) is 4.79 Å². The van der Waals surface area contributed by atoms with Crippen LogP contribution in [0.15, 0.2) is 23.3 Å². The van der Waals surface area contributed by atoms with Crippen LogP contribution in [0.2, 0.25) is 0 Å². The highest BCUT2D eigenvalue weighted by molar-refractivity contribution is 6.05. The van der Waals surface area contributed by atoms with E-state index in [2.05, 4.69) is 4.98 Å². The van der Waals surface area contributed by atoms with Crippen LogP contribution in [-0.4, -0.2) is 61.2 Å². The van der Waals surface area contributed by atoms with E-state index in [1.165, 1.54) is 12.3 Å². The highest BCUT2D eigenvalue weighted by atomic mass is 16.6. The molecule has 1 aliphatic rings. The first-order valence-corrected chi connectivity index (χ1v) is 6.05. The van der Waals surface area contributed by atoms with Crippen molar-refractivity contribution in [3.63, 3.8) is 0 Å². The van der Waals surface area contributed by atoms with Crippen LogP contribution < -0.4 is 5.69 Å². The van der Waals surface area contributed by atoms with Gasteiger partial charge in [-0.15, -0.1) is 0 Å². The fourth-order valence-corrected chi connectivity index (χ4v) is 2.03. The van der Waals surface area contributed by atoms with Gasteiger partial charge in [0.2, 0.25) is 0 Å². The van der Waals surface area contributed by atoms with Crippen molar-refractivity contribution >= 4 is 11.9 Å². The molecule has 0 amide bonds. The summed E-state index contributed by atoms with van der Waals surface area (Å²) in [6, 6.07) is 1.27. The number of hydrogen-bond acceptors (Lipinski definition) is 8. The number of rotatable bonds is 4. The zero-order valence-corrected chi connectivity index (χ0v) is 10.7. The van der Waals surface area contributed by atoms with Crippen LogP contribution in [0.5, 0.6) is 0 Å². The first kappa shape index (κ1) is 15.3. The molecule has 0 aromatic carbocycles. The number of aliphatic hydroxyl groups is 4. The Balaban J connectivity index is 2.34. The predicted octanol–water partition coefficient (Wildman–Crippen LogP) is -2.05. The maximum atomic E-state index is 11.9. The van der Waals surface area contributed by atoms with Gasteiger partial charge in [-0.3, -0.25) is 9.36 Å². The van der Waals surface area contributed by atoms with Gasteiger partial charge in [0.05, 0.1) is 24.1 Å². The van der Waals surface area contributed by atoms with Gasteiger partial charge in [-0.05, 0) is 6.07 Å². The standard InChI is InChI=1S/C12H14N2O7/c15-3-6(4-16)7-1-2-14(12(20)13-7)11-10(19)9(18)8(5-17)21-11/h1-4,8-11,15,17-19H,5H2/b6-3+/t8-,9-,10-,11-/m1/s1. The number of nitrogens with zero attached hydrogens (tertiary/aromatic N) is 2. The fraction of sp³-hybridized carbons (Fsp3) is 0.417. The summed E-state index contributed by atoms with van der Waals surface area (Å²) in [5.74, 6) is 0. The van der Waals surface area contributed by atoms with Gasteiger partial charge in [0.25, 0.3) is 0 Å². The SMILES string of the molecule is O=C/C(=C\O)c1ccn([C@@H]2O[C@H](CO)[C@@H](O)[C@H]2O)c(=O)n1. The molecule has 0 unspecified atom stereocenters. The van der Waals surface area contributed by atoms with Gasteiger partial charge >= 0.3 is 5.69 Å². The van der Waals surface area contributed by atoms with E-state index in [-0.39, 0.29) is 11.3 Å². The Bertz CT molecular complexity index is 612. The average molecular weight is 298 g/mol. The average Bonchev–Trinajstić information content (AvgIpc) is 2.76. The minimum absolute atomic E-state index is 0.0412. The largest absolute Gasteiger partial charge is 0.515 e. The number of ether oxygens (including phenoxy) is 1. The Morgan fingerprint density at radius 1 is 1.43 bits per heavy atom. The van der Waals surface area contributed by atoms with Crippen molar-refractivity contribution in [1.29, 1.82) is 0 Å². The summed E-state index contributed by atoms with van der Waals surface area (Å²) in [7, 11) is 0. The quantitative estimate of drug-likeness (QED) is 0.283. The number of allylic oxidation sites excluding steroid dienone is 1. The molecule has 1 aromatic heterocycles. The molecule has 2 rings (SSSR count). The lowest BCUT2D eigenvalue weighted by atomic mass is 10.1. The molecular formula is C12H14N2O7. The van der Waals surface area contributed by atoms with Gasteiger partial charge < -0.3 is 25.2 Å². The smallest absolute Gasteiger partial charge is 0.350 e. The summed E-state index contributed by atoms with van der Waals surface area (Å²) in [6.45, 7) is -0.516. The molecule has 2 heterocycles. The van der Waals surface area contributed by atoms with Gasteiger partial charge in [-0.1, -0.05) is 0 Å². The van der Waals surface area contributed by atoms with Gasteiger partial charge in [0.1, 0.15) is 18.3 Å². The lowest BCUT2D eigenvalue weighted by molar-refractivity contribution is -0.103. The summed E-state index contributed by atoms with van der Waals surface area (Å²) in [4.78, 5) is 26.1. The Morgan fingerprint density at radius 3 is 2.62 bits per heavy atom. The summed E-state index contributed by atoms with van der Waals surface area (Å²) in [6.07, 6.45) is -2.91. The zero-order chi connectivity index (χ0) is 15.6. The Kier molecular flexibility index (Phi) is 4.48. The van der Waals surface area contributed by atoms with E-state index in [9.17, 15) is 19.8 Å². The number of aldehydes is 1. The first-order valence-electron chi connectivity index (χ1n) is 6.05. The molecule has 114 valence electrons. The van der Waals surface area contributed by atoms with Crippen LogP contribution in [0.3, 0.4) is 0 Å². The summed E-state index contributed by atoms with van der Waals surface area (Å²) >= 11 is 0. The Morgan fingerprint density at radius 2 is 2.14 bits per heavy atom. The lowest BCUT2D eigenvalue weighted by Crippen LogP contribution is -2.36. The molecule has 4 N–H and O–H groups in total. The zero-order valence-electron chi connectivity index (χ0n) is 10.7. The molecule has 9 nitrogen and oxygen atoms in total. The molecule has 1 saturated heterocycles. The van der Waals surface area contributed by atoms with Crippen molar-refractivity contribution in [2.24, 2.45) is 0 Å². The van der Waals surface area contributed by atoms with Crippen molar-refractivity contribution in [2.75, 3.05) is 6.61 Å². The molecular weight excluding hydrogens is 284 g/mol. The van der Waals surface area contributed by atoms with E-state index in [0.717, 1.165) is 4.57 Å². The number of carbonyl (C=O) groups excluding carboxylic acids is 1. The maximum Gasteiger partial charge on any atom is 0.350 e. The van der Waals surface area contributed by atoms with Crippen molar-refractivity contribution in [3.05, 3.63) is 34.7 Å². The van der Waals surface area contributed by atoms with Crippen LogP contribution in [-0.2, 0) is 9.53 Å². The van der Waals surface area contributed by atoms with Crippen LogP contribution in [0.25, 0.3) is 5.57 Å². The molecule has 0 aliphatic carbocycles. The fourth-order valence-electron chi connectivity index (χ4n) is 2.03. The van der Waals surface area contributed by atoms with Gasteiger partial charge in [0, 0.05) is 6.20 Å². The third-order valence-corrected chi connectivity index (χ3v) is 3.18. The molecule has 0 radical (unpaired) electrons. The molecule has 9 heteroatoms. The second-order valence-corrected chi connectivity index (χ2v) is 4.43. The van der Waals surface area contributed by atoms with Gasteiger partial charge in [-0.2, -0.15) is 4.98 Å². The predicted molar refractivity (Wildman–Crippen MR) is 68.2 cm³/mol. The van der Waals surface area contributed by atoms with Crippen LogP contribution >= 0.6 is 0 Å². The molecule has 0 bridgehead atoms. The first-order chi connectivity index (χ1) is 10.0. The highest BCUT2D eigenvalue weighted by Crippen LogP contribution is 2.28. The number of aromatic nitrogens is 2. The lowest BCUT2D eigenvalue weighted by Gasteiger charge is -2.17. The van der Waals surface area contributed by atoms with E-state index in [4.69, 9.17) is 14.9 Å². The molecule has 4 atom stereocenters. The van der Waals surface area contributed by atoms with E-state index >= 15 is 0 Å². The topological polar surface area (TPSA) is 142 Å². The van der Waals surface area contributed by atoms with E-state index in [1.807, 2.05) is 0 Å². The molecule has 1 aliphatic heterocycles. The molecule has 0 saturated carbocycles. The van der Waals surface area contributed by atoms with Crippen LogP contribution in [0.1, 0.15) is 11.9 Å². The van der Waals surface area contributed by atoms with E-state index < -0.39 is 36.8 Å². The normalized spacial score (nSPS) is 29.6. The van der Waals surface area contributed by atoms with Crippen LogP contribution in [0.4, 0.5) is 0 Å². The third-order valence-electron chi connectivity index (χ3n) is 3.18. The number of carbonyl (C=O) groups is 1. The monoisotopic (exact) mass is 298 g/mol. The molecule has 1 aromatic rings. The van der Waals surface area contributed by atoms with E-state index in [1.54, 1.807) is 0 Å². The summed E-state index contributed by atoms with van der Waals surface area (Å²) < 4.78 is 6.12. The second-order valence-electron chi connectivity index (χ2n) is 4.43. The van der Waals surface area contributed by atoms with Crippen molar-refractivity contribution < 1.29 is 30.0 Å². The minimum atomic E-state index is -1.41. The summed E-state index contributed by atoms with van der Waals surface area (Å²) in [5.41, 5.74) is -1.07. The summed E-state index contributed by atoms with van der Waals surface area (Å²) in [5, 5.41) is 37.3. The molecule has 1 fully saturated rings. The maximum absolute atomic E-state index is 11.9. The van der Waals surface area contributed by atoms with Crippen molar-refractivity contribution in [1.82, 2.24) is 9.55 Å². The Hall–Kier alpha value is -2.07. The van der Waals surface area contributed by atoms with Crippen molar-refractivity contribution in [2.45, 2.75) is 24.5 Å². The van der Waals surface area contributed by atoms with Crippen LogP contribution in [0, 0.1) is 0 Å². The molecule has 0 spiro atoms. The number of aliphatic hydroxyl groups excluding tert-OH is 4. The minimum Gasteiger partial charge on any atom is -0.515 e. The van der Waals surface area contributed by atoms with Gasteiger partial charge in [0.15, 0.2) is 12.5 Å². The third kappa shape index (κ3) is 2.72. The Labute approximate surface area is 118 Å². The highest BCUT2D eigenvalue weighted by Gasteiger charge is 2.43. The molecule has 21 heavy (non-hydrogen) atoms. The van der Waals surface area contributed by atoms with E-state index in [0.29, 0.717) is 12.5 Å². The second kappa shape index (κ2) is 6.14.